The molecule has 6 nitrogen and oxygen atoms in total. The average Bonchev–Trinajstić information content (AvgIpc) is 3.16. The minimum atomic E-state index is 0.654. The molecule has 1 aromatic heterocycles. The Labute approximate surface area is 150 Å². The highest BCUT2D eigenvalue weighted by Crippen LogP contribution is 2.10. The maximum Gasteiger partial charge on any atom is 0.191 e. The molecule has 0 aliphatic heterocycles. The van der Waals surface area contributed by atoms with Crippen LogP contribution in [0.25, 0.3) is 0 Å². The number of rotatable bonds is 10. The first-order valence-electron chi connectivity index (χ1n) is 8.90. The van der Waals surface area contributed by atoms with Gasteiger partial charge in [-0.15, -0.1) is 0 Å². The lowest BCUT2D eigenvalue weighted by Crippen LogP contribution is -2.37. The summed E-state index contributed by atoms with van der Waals surface area (Å²) in [7, 11) is 1.79. The number of nitrogens with zero attached hydrogens (tertiary/aromatic N) is 3. The fourth-order valence-corrected chi connectivity index (χ4v) is 2.48. The summed E-state index contributed by atoms with van der Waals surface area (Å²) >= 11 is 0. The first-order chi connectivity index (χ1) is 12.3. The summed E-state index contributed by atoms with van der Waals surface area (Å²) < 4.78 is 7.61. The highest BCUT2D eigenvalue weighted by Gasteiger charge is 2.04. The van der Waals surface area contributed by atoms with Gasteiger partial charge in [-0.1, -0.05) is 31.2 Å². The van der Waals surface area contributed by atoms with E-state index in [-0.39, 0.29) is 0 Å². The van der Waals surface area contributed by atoms with Gasteiger partial charge in [-0.25, -0.2) is 0 Å². The van der Waals surface area contributed by atoms with E-state index in [1.807, 2.05) is 16.9 Å². The highest BCUT2D eigenvalue weighted by atomic mass is 16.5. The van der Waals surface area contributed by atoms with Crippen molar-refractivity contribution in [3.05, 3.63) is 53.9 Å². The second kappa shape index (κ2) is 11.3. The van der Waals surface area contributed by atoms with Gasteiger partial charge in [-0.05, 0) is 30.0 Å². The fraction of sp³-hybridized carbons (Fsp3) is 0.474. The molecule has 136 valence electrons. The Morgan fingerprint density at radius 2 is 2.04 bits per heavy atom. The lowest BCUT2D eigenvalue weighted by molar-refractivity contribution is 0.121. The third-order valence-corrected chi connectivity index (χ3v) is 3.81. The molecular formula is C19H29N5O. The Bertz CT molecular complexity index is 625. The van der Waals surface area contributed by atoms with Crippen LogP contribution in [0.5, 0.6) is 0 Å². The van der Waals surface area contributed by atoms with Gasteiger partial charge in [0.05, 0.1) is 6.61 Å². The summed E-state index contributed by atoms with van der Waals surface area (Å²) in [5.41, 5.74) is 2.45. The van der Waals surface area contributed by atoms with Crippen molar-refractivity contribution in [3.63, 3.8) is 0 Å². The number of hydrogen-bond donors (Lipinski definition) is 2. The van der Waals surface area contributed by atoms with Gasteiger partial charge in [-0.2, -0.15) is 5.10 Å². The first kappa shape index (κ1) is 19.0. The number of aryl methyl sites for hydroxylation is 1. The van der Waals surface area contributed by atoms with E-state index in [9.17, 15) is 0 Å². The van der Waals surface area contributed by atoms with E-state index >= 15 is 0 Å². The maximum atomic E-state index is 5.68. The summed E-state index contributed by atoms with van der Waals surface area (Å²) in [6, 6.07) is 10.3. The molecular weight excluding hydrogens is 314 g/mol. The number of aromatic nitrogens is 2. The summed E-state index contributed by atoms with van der Waals surface area (Å²) in [6.45, 7) is 6.04. The van der Waals surface area contributed by atoms with E-state index in [2.05, 4.69) is 51.9 Å². The van der Waals surface area contributed by atoms with Crippen molar-refractivity contribution in [2.45, 2.75) is 39.5 Å². The molecule has 2 rings (SSSR count). The zero-order valence-corrected chi connectivity index (χ0v) is 15.2. The van der Waals surface area contributed by atoms with Crippen LogP contribution in [-0.4, -0.2) is 35.9 Å². The van der Waals surface area contributed by atoms with Crippen molar-refractivity contribution in [1.29, 1.82) is 0 Å². The molecule has 2 aromatic rings. The summed E-state index contributed by atoms with van der Waals surface area (Å²) in [6.07, 6.45) is 5.81. The van der Waals surface area contributed by atoms with Crippen LogP contribution in [0.2, 0.25) is 0 Å². The number of benzene rings is 1. The number of ether oxygens (including phenoxy) is 1. The molecule has 0 saturated heterocycles. The van der Waals surface area contributed by atoms with Gasteiger partial charge < -0.3 is 15.4 Å². The Morgan fingerprint density at radius 3 is 2.76 bits per heavy atom. The second-order valence-corrected chi connectivity index (χ2v) is 5.80. The van der Waals surface area contributed by atoms with Gasteiger partial charge in [-0.3, -0.25) is 9.67 Å². The van der Waals surface area contributed by atoms with E-state index in [0.717, 1.165) is 45.0 Å². The molecule has 0 radical (unpaired) electrons. The van der Waals surface area contributed by atoms with Crippen LogP contribution in [0.1, 0.15) is 30.9 Å². The number of aliphatic imine (C=N–C) groups is 1. The van der Waals surface area contributed by atoms with Crippen LogP contribution in [0.15, 0.2) is 47.7 Å². The maximum absolute atomic E-state index is 5.68. The summed E-state index contributed by atoms with van der Waals surface area (Å²) in [5, 5.41) is 10.9. The molecule has 25 heavy (non-hydrogen) atoms. The number of nitrogens with one attached hydrogen (secondary N) is 2. The zero-order chi connectivity index (χ0) is 17.7. The van der Waals surface area contributed by atoms with Gasteiger partial charge in [0, 0.05) is 45.7 Å². The standard InChI is InChI=1S/C19H29N5O/c1-3-14-25-16-18-9-5-4-8-17(18)15-22-19(20-2)21-10-6-12-24-13-7-11-23-24/h4-5,7-9,11,13H,3,6,10,12,14-16H2,1-2H3,(H2,20,21,22). The molecule has 0 aliphatic carbocycles. The predicted octanol–water partition coefficient (Wildman–Crippen LogP) is 2.57. The van der Waals surface area contributed by atoms with Gasteiger partial charge >= 0.3 is 0 Å². The first-order valence-corrected chi connectivity index (χ1v) is 8.90. The normalized spacial score (nSPS) is 11.5. The molecule has 1 heterocycles. The highest BCUT2D eigenvalue weighted by molar-refractivity contribution is 5.79. The predicted molar refractivity (Wildman–Crippen MR) is 101 cm³/mol. The Kier molecular flexibility index (Phi) is 8.55. The third kappa shape index (κ3) is 6.97. The lowest BCUT2D eigenvalue weighted by atomic mass is 10.1. The van der Waals surface area contributed by atoms with Crippen LogP contribution < -0.4 is 10.6 Å². The molecule has 0 bridgehead atoms. The molecule has 0 unspecified atom stereocenters. The van der Waals surface area contributed by atoms with E-state index in [1.165, 1.54) is 11.1 Å². The van der Waals surface area contributed by atoms with Crippen molar-refractivity contribution in [2.75, 3.05) is 20.2 Å². The van der Waals surface area contributed by atoms with E-state index in [0.29, 0.717) is 6.61 Å². The summed E-state index contributed by atoms with van der Waals surface area (Å²) in [4.78, 5) is 4.28. The van der Waals surface area contributed by atoms with Crippen molar-refractivity contribution < 1.29 is 4.74 Å². The average molecular weight is 343 g/mol. The minimum Gasteiger partial charge on any atom is -0.377 e. The Morgan fingerprint density at radius 1 is 1.20 bits per heavy atom. The van der Waals surface area contributed by atoms with Crippen LogP contribution in [0, 0.1) is 0 Å². The van der Waals surface area contributed by atoms with Crippen LogP contribution in [0.4, 0.5) is 0 Å². The molecule has 0 fully saturated rings. The molecule has 2 N–H and O–H groups in total. The molecule has 6 heteroatoms. The van der Waals surface area contributed by atoms with E-state index < -0.39 is 0 Å². The number of guanidine groups is 1. The molecule has 0 spiro atoms. The van der Waals surface area contributed by atoms with Crippen molar-refractivity contribution >= 4 is 5.96 Å². The van der Waals surface area contributed by atoms with Gasteiger partial charge in [0.15, 0.2) is 5.96 Å². The molecule has 0 saturated carbocycles. The Balaban J connectivity index is 1.74. The fourth-order valence-electron chi connectivity index (χ4n) is 2.48. The van der Waals surface area contributed by atoms with Gasteiger partial charge in [0.25, 0.3) is 0 Å². The van der Waals surface area contributed by atoms with Crippen LogP contribution in [-0.2, 0) is 24.4 Å². The minimum absolute atomic E-state index is 0.654. The lowest BCUT2D eigenvalue weighted by Gasteiger charge is -2.14. The molecule has 0 aliphatic rings. The van der Waals surface area contributed by atoms with Crippen molar-refractivity contribution in [2.24, 2.45) is 4.99 Å². The smallest absolute Gasteiger partial charge is 0.191 e. The summed E-state index contributed by atoms with van der Waals surface area (Å²) in [5.74, 6) is 0.810. The largest absolute Gasteiger partial charge is 0.377 e. The quantitative estimate of drug-likeness (QED) is 0.395. The van der Waals surface area contributed by atoms with Crippen molar-refractivity contribution in [3.8, 4) is 0 Å². The Hall–Kier alpha value is -2.34. The van der Waals surface area contributed by atoms with E-state index in [1.54, 1.807) is 13.2 Å². The van der Waals surface area contributed by atoms with Crippen molar-refractivity contribution in [1.82, 2.24) is 20.4 Å². The van der Waals surface area contributed by atoms with Gasteiger partial charge in [0.1, 0.15) is 0 Å². The molecule has 0 atom stereocenters. The zero-order valence-electron chi connectivity index (χ0n) is 15.2. The van der Waals surface area contributed by atoms with Crippen LogP contribution in [0.3, 0.4) is 0 Å². The van der Waals surface area contributed by atoms with Crippen LogP contribution >= 0.6 is 0 Å². The monoisotopic (exact) mass is 343 g/mol. The SMILES string of the molecule is CCCOCc1ccccc1CNC(=NC)NCCCn1cccn1. The molecule has 1 aromatic carbocycles. The van der Waals surface area contributed by atoms with E-state index in [4.69, 9.17) is 4.74 Å². The molecule has 0 amide bonds. The topological polar surface area (TPSA) is 63.5 Å². The second-order valence-electron chi connectivity index (χ2n) is 5.80. The third-order valence-electron chi connectivity index (χ3n) is 3.81. The number of hydrogen-bond acceptors (Lipinski definition) is 3. The van der Waals surface area contributed by atoms with Gasteiger partial charge in [0.2, 0.25) is 0 Å².